The Morgan fingerprint density at radius 1 is 0.964 bits per heavy atom. The van der Waals surface area contributed by atoms with Crippen LogP contribution < -0.4 is 10.2 Å². The number of rotatable bonds is 3. The van der Waals surface area contributed by atoms with E-state index in [2.05, 4.69) is 32.8 Å². The molecular formula is C22H26IN3O2. The summed E-state index contributed by atoms with van der Waals surface area (Å²) in [5.41, 5.74) is 2.19. The van der Waals surface area contributed by atoms with Crippen LogP contribution in [0, 0.1) is 8.99 Å². The highest BCUT2D eigenvalue weighted by Crippen LogP contribution is 2.23. The lowest BCUT2D eigenvalue weighted by Crippen LogP contribution is -2.51. The van der Waals surface area contributed by atoms with E-state index in [0.717, 1.165) is 41.1 Å². The molecule has 148 valence electrons. The van der Waals surface area contributed by atoms with Crippen LogP contribution >= 0.6 is 22.6 Å². The largest absolute Gasteiger partial charge is 0.368 e. The van der Waals surface area contributed by atoms with E-state index in [1.807, 2.05) is 74.2 Å². The number of hydrogen-bond acceptors (Lipinski definition) is 3. The zero-order valence-corrected chi connectivity index (χ0v) is 18.7. The molecule has 5 nitrogen and oxygen atoms in total. The standard InChI is InChI=1S/C22H26IN3O2/c1-22(2,3)21(28)26-13-11-25(12-14-26)19-9-7-18(8-10-19)24-20(27)16-5-4-6-17(23)15-16/h4-10,15H,11-14H2,1-3H3,(H,24,27). The van der Waals surface area contributed by atoms with Crippen LogP contribution in [0.4, 0.5) is 11.4 Å². The first kappa shape index (κ1) is 20.6. The Hall–Kier alpha value is -2.09. The monoisotopic (exact) mass is 491 g/mol. The van der Waals surface area contributed by atoms with Crippen LogP contribution in [0.5, 0.6) is 0 Å². The minimum absolute atomic E-state index is 0.111. The first-order chi connectivity index (χ1) is 13.2. The van der Waals surface area contributed by atoms with Crippen molar-refractivity contribution in [2.75, 3.05) is 36.4 Å². The van der Waals surface area contributed by atoms with Crippen molar-refractivity contribution < 1.29 is 9.59 Å². The fourth-order valence-electron chi connectivity index (χ4n) is 3.23. The van der Waals surface area contributed by atoms with Crippen molar-refractivity contribution in [2.24, 2.45) is 5.41 Å². The highest BCUT2D eigenvalue weighted by Gasteiger charge is 2.29. The van der Waals surface area contributed by atoms with E-state index in [4.69, 9.17) is 0 Å². The number of hydrogen-bond donors (Lipinski definition) is 1. The minimum Gasteiger partial charge on any atom is -0.368 e. The summed E-state index contributed by atoms with van der Waals surface area (Å²) in [5, 5.41) is 2.94. The van der Waals surface area contributed by atoms with Gasteiger partial charge in [-0.25, -0.2) is 0 Å². The van der Waals surface area contributed by atoms with Crippen LogP contribution in [0.25, 0.3) is 0 Å². The average Bonchev–Trinajstić information content (AvgIpc) is 2.67. The molecule has 1 heterocycles. The van der Waals surface area contributed by atoms with E-state index in [9.17, 15) is 9.59 Å². The molecule has 2 aromatic rings. The smallest absolute Gasteiger partial charge is 0.255 e. The number of piperazine rings is 1. The normalized spacial score (nSPS) is 14.7. The second-order valence-electron chi connectivity index (χ2n) is 8.04. The Bertz CT molecular complexity index is 851. The van der Waals surface area contributed by atoms with Crippen molar-refractivity contribution in [3.63, 3.8) is 0 Å². The molecule has 3 rings (SSSR count). The van der Waals surface area contributed by atoms with Gasteiger partial charge < -0.3 is 15.1 Å². The maximum atomic E-state index is 12.4. The van der Waals surface area contributed by atoms with Crippen molar-refractivity contribution in [3.8, 4) is 0 Å². The number of carbonyl (C=O) groups excluding carboxylic acids is 2. The topological polar surface area (TPSA) is 52.7 Å². The minimum atomic E-state index is -0.334. The first-order valence-corrected chi connectivity index (χ1v) is 10.5. The molecule has 2 aromatic carbocycles. The van der Waals surface area contributed by atoms with Crippen LogP contribution in [-0.4, -0.2) is 42.9 Å². The van der Waals surface area contributed by atoms with Crippen molar-refractivity contribution >= 4 is 45.8 Å². The van der Waals surface area contributed by atoms with Crippen LogP contribution in [0.15, 0.2) is 48.5 Å². The van der Waals surface area contributed by atoms with Crippen molar-refractivity contribution in [3.05, 3.63) is 57.7 Å². The molecule has 1 aliphatic rings. The molecule has 0 unspecified atom stereocenters. The molecule has 1 N–H and O–H groups in total. The van der Waals surface area contributed by atoms with Gasteiger partial charge in [0.25, 0.3) is 5.91 Å². The van der Waals surface area contributed by atoms with Crippen LogP contribution in [-0.2, 0) is 4.79 Å². The molecule has 0 radical (unpaired) electrons. The third kappa shape index (κ3) is 5.04. The maximum absolute atomic E-state index is 12.4. The Morgan fingerprint density at radius 2 is 1.61 bits per heavy atom. The van der Waals surface area contributed by atoms with Crippen LogP contribution in [0.3, 0.4) is 0 Å². The zero-order chi connectivity index (χ0) is 20.3. The van der Waals surface area contributed by atoms with Crippen molar-refractivity contribution in [2.45, 2.75) is 20.8 Å². The molecule has 6 heteroatoms. The van der Waals surface area contributed by atoms with Gasteiger partial charge in [-0.2, -0.15) is 0 Å². The highest BCUT2D eigenvalue weighted by atomic mass is 127. The summed E-state index contributed by atoms with van der Waals surface area (Å²) in [5.74, 6) is 0.0985. The number of anilines is 2. The first-order valence-electron chi connectivity index (χ1n) is 9.45. The van der Waals surface area contributed by atoms with Crippen LogP contribution in [0.1, 0.15) is 31.1 Å². The van der Waals surface area contributed by atoms with E-state index in [0.29, 0.717) is 5.56 Å². The number of benzene rings is 2. The molecule has 0 atom stereocenters. The van der Waals surface area contributed by atoms with Gasteiger partial charge in [-0.3, -0.25) is 9.59 Å². The Morgan fingerprint density at radius 3 is 2.18 bits per heavy atom. The highest BCUT2D eigenvalue weighted by molar-refractivity contribution is 14.1. The molecule has 2 amide bonds. The van der Waals surface area contributed by atoms with Gasteiger partial charge in [0.2, 0.25) is 5.91 Å². The van der Waals surface area contributed by atoms with Crippen molar-refractivity contribution in [1.29, 1.82) is 0 Å². The van der Waals surface area contributed by atoms with E-state index >= 15 is 0 Å². The predicted molar refractivity (Wildman–Crippen MR) is 122 cm³/mol. The van der Waals surface area contributed by atoms with E-state index in [1.54, 1.807) is 0 Å². The summed E-state index contributed by atoms with van der Waals surface area (Å²) in [6, 6.07) is 15.4. The maximum Gasteiger partial charge on any atom is 0.255 e. The van der Waals surface area contributed by atoms with E-state index in [1.165, 1.54) is 0 Å². The molecule has 1 saturated heterocycles. The molecule has 28 heavy (non-hydrogen) atoms. The number of nitrogens with one attached hydrogen (secondary N) is 1. The summed E-state index contributed by atoms with van der Waals surface area (Å²) >= 11 is 2.20. The van der Waals surface area contributed by atoms with E-state index in [-0.39, 0.29) is 17.2 Å². The van der Waals surface area contributed by atoms with Gasteiger partial charge >= 0.3 is 0 Å². The molecule has 0 saturated carbocycles. The molecule has 0 bridgehead atoms. The lowest BCUT2D eigenvalue weighted by molar-refractivity contribution is -0.139. The van der Waals surface area contributed by atoms with Crippen molar-refractivity contribution in [1.82, 2.24) is 4.90 Å². The molecular weight excluding hydrogens is 465 g/mol. The van der Waals surface area contributed by atoms with Gasteiger partial charge in [0, 0.05) is 52.1 Å². The summed E-state index contributed by atoms with van der Waals surface area (Å²) in [6.07, 6.45) is 0. The third-order valence-corrected chi connectivity index (χ3v) is 5.46. The zero-order valence-electron chi connectivity index (χ0n) is 16.5. The molecule has 0 aliphatic carbocycles. The summed E-state index contributed by atoms with van der Waals surface area (Å²) in [6.45, 7) is 9.00. The number of nitrogens with zero attached hydrogens (tertiary/aromatic N) is 2. The van der Waals surface area contributed by atoms with Gasteiger partial charge in [-0.05, 0) is 65.1 Å². The fraction of sp³-hybridized carbons (Fsp3) is 0.364. The van der Waals surface area contributed by atoms with Gasteiger partial charge in [-0.15, -0.1) is 0 Å². The second kappa shape index (κ2) is 8.51. The molecule has 0 aromatic heterocycles. The number of amides is 2. The molecule has 0 spiro atoms. The van der Waals surface area contributed by atoms with Gasteiger partial charge in [-0.1, -0.05) is 26.8 Å². The molecule has 1 aliphatic heterocycles. The summed E-state index contributed by atoms with van der Waals surface area (Å²) in [4.78, 5) is 29.0. The number of halogens is 1. The lowest BCUT2D eigenvalue weighted by Gasteiger charge is -2.38. The summed E-state index contributed by atoms with van der Waals surface area (Å²) < 4.78 is 1.03. The summed E-state index contributed by atoms with van der Waals surface area (Å²) in [7, 11) is 0. The quantitative estimate of drug-likeness (QED) is 0.654. The van der Waals surface area contributed by atoms with Gasteiger partial charge in [0.1, 0.15) is 0 Å². The van der Waals surface area contributed by atoms with Gasteiger partial charge in [0.15, 0.2) is 0 Å². The fourth-order valence-corrected chi connectivity index (χ4v) is 3.77. The van der Waals surface area contributed by atoms with Crippen LogP contribution in [0.2, 0.25) is 0 Å². The second-order valence-corrected chi connectivity index (χ2v) is 9.29. The Kier molecular flexibility index (Phi) is 6.27. The van der Waals surface area contributed by atoms with E-state index < -0.39 is 0 Å². The lowest BCUT2D eigenvalue weighted by atomic mass is 9.94. The van der Waals surface area contributed by atoms with Gasteiger partial charge in [0.05, 0.1) is 0 Å². The average molecular weight is 491 g/mol. The Labute approximate surface area is 180 Å². The third-order valence-electron chi connectivity index (χ3n) is 4.79. The Balaban J connectivity index is 1.58. The predicted octanol–water partition coefficient (Wildman–Crippen LogP) is 4.24. The molecule has 1 fully saturated rings. The number of carbonyl (C=O) groups is 2. The SMILES string of the molecule is CC(C)(C)C(=O)N1CCN(c2ccc(NC(=O)c3cccc(I)c3)cc2)CC1.